The van der Waals surface area contributed by atoms with Gasteiger partial charge in [0, 0.05) is 39.1 Å². The molecule has 1 fully saturated rings. The zero-order valence-corrected chi connectivity index (χ0v) is 17.0. The third kappa shape index (κ3) is 6.18. The number of rotatable bonds is 10. The van der Waals surface area contributed by atoms with Crippen LogP contribution in [0.25, 0.3) is 0 Å². The fourth-order valence-corrected chi connectivity index (χ4v) is 3.65. The van der Waals surface area contributed by atoms with E-state index in [4.69, 9.17) is 4.74 Å². The van der Waals surface area contributed by atoms with Crippen LogP contribution in [0.1, 0.15) is 42.1 Å². The zero-order chi connectivity index (χ0) is 19.6. The van der Waals surface area contributed by atoms with Gasteiger partial charge in [0.25, 0.3) is 0 Å². The predicted molar refractivity (Wildman–Crippen MR) is 114 cm³/mol. The lowest BCUT2D eigenvalue weighted by Crippen LogP contribution is -2.46. The molecule has 150 valence electrons. The normalized spacial score (nSPS) is 15.5. The van der Waals surface area contributed by atoms with Crippen molar-refractivity contribution in [2.45, 2.75) is 32.7 Å². The van der Waals surface area contributed by atoms with Crippen molar-refractivity contribution in [3.8, 4) is 5.75 Å². The van der Waals surface area contributed by atoms with Crippen molar-refractivity contribution < 1.29 is 9.53 Å². The van der Waals surface area contributed by atoms with E-state index < -0.39 is 0 Å². The Kier molecular flexibility index (Phi) is 8.07. The number of piperazine rings is 1. The quantitative estimate of drug-likeness (QED) is 0.456. The van der Waals surface area contributed by atoms with Gasteiger partial charge >= 0.3 is 0 Å². The Balaban J connectivity index is 1.31. The molecule has 0 bridgehead atoms. The van der Waals surface area contributed by atoms with E-state index in [1.807, 2.05) is 31.2 Å². The molecule has 0 spiro atoms. The minimum absolute atomic E-state index is 0.143. The fourth-order valence-electron chi connectivity index (χ4n) is 3.65. The Morgan fingerprint density at radius 3 is 2.32 bits per heavy atom. The Labute approximate surface area is 169 Å². The van der Waals surface area contributed by atoms with Crippen molar-refractivity contribution in [2.24, 2.45) is 0 Å². The molecule has 0 radical (unpaired) electrons. The van der Waals surface area contributed by atoms with Gasteiger partial charge < -0.3 is 9.64 Å². The van der Waals surface area contributed by atoms with Crippen LogP contribution in [0.5, 0.6) is 5.75 Å². The lowest BCUT2D eigenvalue weighted by molar-refractivity contribution is 0.0983. The van der Waals surface area contributed by atoms with Crippen molar-refractivity contribution in [3.63, 3.8) is 0 Å². The van der Waals surface area contributed by atoms with E-state index in [1.54, 1.807) is 0 Å². The molecule has 2 aromatic carbocycles. The average molecular weight is 381 g/mol. The molecular weight excluding hydrogens is 348 g/mol. The van der Waals surface area contributed by atoms with E-state index in [1.165, 1.54) is 5.56 Å². The second-order valence-electron chi connectivity index (χ2n) is 7.43. The molecule has 4 heteroatoms. The van der Waals surface area contributed by atoms with Crippen molar-refractivity contribution in [2.75, 3.05) is 39.3 Å². The first-order valence-corrected chi connectivity index (χ1v) is 10.5. The highest BCUT2D eigenvalue weighted by molar-refractivity contribution is 5.98. The van der Waals surface area contributed by atoms with Gasteiger partial charge in [-0.1, -0.05) is 49.4 Å². The van der Waals surface area contributed by atoms with Crippen LogP contribution in [-0.4, -0.2) is 54.9 Å². The van der Waals surface area contributed by atoms with Crippen LogP contribution in [-0.2, 0) is 6.54 Å². The standard InChI is InChI=1S/C24H32N2O2/c1-2-23(27)22-12-6-7-13-24(22)28-19-9-8-14-25-15-17-26(18-16-25)20-21-10-4-3-5-11-21/h3-7,10-13H,2,8-9,14-20H2,1H3. The van der Waals surface area contributed by atoms with Crippen LogP contribution >= 0.6 is 0 Å². The van der Waals surface area contributed by atoms with Crippen molar-refractivity contribution >= 4 is 5.78 Å². The summed E-state index contributed by atoms with van der Waals surface area (Å²) in [5.74, 6) is 0.868. The highest BCUT2D eigenvalue weighted by Crippen LogP contribution is 2.20. The molecule has 0 aliphatic carbocycles. The summed E-state index contributed by atoms with van der Waals surface area (Å²) in [7, 11) is 0. The van der Waals surface area contributed by atoms with Crippen LogP contribution in [0.15, 0.2) is 54.6 Å². The van der Waals surface area contributed by atoms with Crippen LogP contribution < -0.4 is 4.74 Å². The summed E-state index contributed by atoms with van der Waals surface area (Å²) in [6.45, 7) is 9.29. The summed E-state index contributed by atoms with van der Waals surface area (Å²) in [5, 5.41) is 0. The summed E-state index contributed by atoms with van der Waals surface area (Å²) in [4.78, 5) is 17.1. The van der Waals surface area contributed by atoms with Crippen molar-refractivity contribution in [3.05, 3.63) is 65.7 Å². The molecule has 3 rings (SSSR count). The van der Waals surface area contributed by atoms with Gasteiger partial charge in [-0.25, -0.2) is 0 Å². The van der Waals surface area contributed by atoms with E-state index in [9.17, 15) is 4.79 Å². The second kappa shape index (κ2) is 11.0. The number of hydrogen-bond acceptors (Lipinski definition) is 4. The molecule has 0 amide bonds. The van der Waals surface area contributed by atoms with Gasteiger partial charge in [-0.3, -0.25) is 9.69 Å². The van der Waals surface area contributed by atoms with Crippen LogP contribution in [0.4, 0.5) is 0 Å². The van der Waals surface area contributed by atoms with Gasteiger partial charge in [-0.15, -0.1) is 0 Å². The zero-order valence-electron chi connectivity index (χ0n) is 17.0. The number of ether oxygens (including phenoxy) is 1. The molecule has 0 atom stereocenters. The summed E-state index contributed by atoms with van der Waals surface area (Å²) in [5.41, 5.74) is 2.11. The largest absolute Gasteiger partial charge is 0.493 e. The molecule has 0 unspecified atom stereocenters. The minimum Gasteiger partial charge on any atom is -0.493 e. The highest BCUT2D eigenvalue weighted by Gasteiger charge is 2.16. The number of nitrogens with zero attached hydrogens (tertiary/aromatic N) is 2. The summed E-state index contributed by atoms with van der Waals surface area (Å²) in [6.07, 6.45) is 2.65. The molecule has 1 heterocycles. The van der Waals surface area contributed by atoms with E-state index in [0.717, 1.165) is 57.9 Å². The summed E-state index contributed by atoms with van der Waals surface area (Å²) >= 11 is 0. The Bertz CT molecular complexity index is 724. The van der Waals surface area contributed by atoms with Crippen LogP contribution in [0.2, 0.25) is 0 Å². The number of Topliss-reactive ketones (excluding diaryl/α,β-unsaturated/α-hetero) is 1. The molecule has 28 heavy (non-hydrogen) atoms. The molecular formula is C24H32N2O2. The maximum atomic E-state index is 12.0. The number of unbranched alkanes of at least 4 members (excludes halogenated alkanes) is 1. The number of para-hydroxylation sites is 1. The first kappa shape index (κ1) is 20.6. The predicted octanol–water partition coefficient (Wildman–Crippen LogP) is 4.26. The number of hydrogen-bond donors (Lipinski definition) is 0. The molecule has 1 saturated heterocycles. The molecule has 2 aromatic rings. The maximum absolute atomic E-state index is 12.0. The van der Waals surface area contributed by atoms with E-state index >= 15 is 0 Å². The monoisotopic (exact) mass is 380 g/mol. The Morgan fingerprint density at radius 2 is 1.57 bits per heavy atom. The fraction of sp³-hybridized carbons (Fsp3) is 0.458. The van der Waals surface area contributed by atoms with Gasteiger partial charge in [0.05, 0.1) is 12.2 Å². The third-order valence-electron chi connectivity index (χ3n) is 5.35. The number of carbonyl (C=O) groups is 1. The number of carbonyl (C=O) groups excluding carboxylic acids is 1. The Hall–Kier alpha value is -2.17. The van der Waals surface area contributed by atoms with Gasteiger partial charge in [0.2, 0.25) is 0 Å². The van der Waals surface area contributed by atoms with E-state index in [-0.39, 0.29) is 5.78 Å². The lowest BCUT2D eigenvalue weighted by Gasteiger charge is -2.34. The lowest BCUT2D eigenvalue weighted by atomic mass is 10.1. The first-order valence-electron chi connectivity index (χ1n) is 10.5. The Morgan fingerprint density at radius 1 is 0.893 bits per heavy atom. The van der Waals surface area contributed by atoms with E-state index in [0.29, 0.717) is 18.6 Å². The second-order valence-corrected chi connectivity index (χ2v) is 7.43. The van der Waals surface area contributed by atoms with Gasteiger partial charge in [0.1, 0.15) is 5.75 Å². The van der Waals surface area contributed by atoms with Crippen molar-refractivity contribution in [1.82, 2.24) is 9.80 Å². The molecule has 1 aliphatic rings. The topological polar surface area (TPSA) is 32.8 Å². The summed E-state index contributed by atoms with van der Waals surface area (Å²) in [6, 6.07) is 18.3. The SMILES string of the molecule is CCC(=O)c1ccccc1OCCCCN1CCN(Cc2ccccc2)CC1. The van der Waals surface area contributed by atoms with Gasteiger partial charge in [0.15, 0.2) is 5.78 Å². The molecule has 0 saturated carbocycles. The molecule has 1 aliphatic heterocycles. The summed E-state index contributed by atoms with van der Waals surface area (Å²) < 4.78 is 5.89. The number of benzene rings is 2. The van der Waals surface area contributed by atoms with Crippen molar-refractivity contribution in [1.29, 1.82) is 0 Å². The third-order valence-corrected chi connectivity index (χ3v) is 5.35. The molecule has 0 N–H and O–H groups in total. The number of ketones is 1. The minimum atomic E-state index is 0.143. The maximum Gasteiger partial charge on any atom is 0.166 e. The van der Waals surface area contributed by atoms with Crippen LogP contribution in [0, 0.1) is 0 Å². The van der Waals surface area contributed by atoms with Crippen LogP contribution in [0.3, 0.4) is 0 Å². The van der Waals surface area contributed by atoms with Gasteiger partial charge in [-0.05, 0) is 37.1 Å². The molecule has 4 nitrogen and oxygen atoms in total. The highest BCUT2D eigenvalue weighted by atomic mass is 16.5. The van der Waals surface area contributed by atoms with E-state index in [2.05, 4.69) is 40.1 Å². The molecule has 0 aromatic heterocycles. The van der Waals surface area contributed by atoms with Gasteiger partial charge in [-0.2, -0.15) is 0 Å². The first-order chi connectivity index (χ1) is 13.8. The smallest absolute Gasteiger partial charge is 0.166 e. The average Bonchev–Trinajstić information content (AvgIpc) is 2.75.